The molecule has 0 aliphatic carbocycles. The van der Waals surface area contributed by atoms with Crippen molar-refractivity contribution in [3.63, 3.8) is 0 Å². The molecular weight excluding hydrogens is 335 g/mol. The van der Waals surface area contributed by atoms with Gasteiger partial charge in [-0.2, -0.15) is 0 Å². The highest BCUT2D eigenvalue weighted by molar-refractivity contribution is 9.09. The van der Waals surface area contributed by atoms with Crippen LogP contribution < -0.4 is 5.32 Å². The first-order valence-corrected chi connectivity index (χ1v) is 6.90. The highest BCUT2D eigenvalue weighted by Crippen LogP contribution is 2.16. The van der Waals surface area contributed by atoms with E-state index < -0.39 is 22.3 Å². The van der Waals surface area contributed by atoms with Crippen molar-refractivity contribution in [3.05, 3.63) is 39.7 Å². The van der Waals surface area contributed by atoms with E-state index in [0.29, 0.717) is 18.4 Å². The molecule has 1 unspecified atom stereocenters. The van der Waals surface area contributed by atoms with Gasteiger partial charge in [0.1, 0.15) is 5.82 Å². The van der Waals surface area contributed by atoms with Crippen molar-refractivity contribution in [1.29, 1.82) is 0 Å². The van der Waals surface area contributed by atoms with Crippen LogP contribution in [-0.2, 0) is 4.74 Å². The van der Waals surface area contributed by atoms with Crippen LogP contribution >= 0.6 is 15.9 Å². The second-order valence-electron chi connectivity index (χ2n) is 4.06. The van der Waals surface area contributed by atoms with Crippen LogP contribution in [0.4, 0.5) is 10.1 Å². The predicted octanol–water partition coefficient (Wildman–Crippen LogP) is 2.26. The van der Waals surface area contributed by atoms with Crippen LogP contribution in [0.1, 0.15) is 16.8 Å². The van der Waals surface area contributed by atoms with Crippen LogP contribution in [0.3, 0.4) is 0 Å². The van der Waals surface area contributed by atoms with Crippen LogP contribution in [0.2, 0.25) is 0 Å². The van der Waals surface area contributed by atoms with Crippen LogP contribution in [0, 0.1) is 15.9 Å². The fraction of sp³-hybridized carbons (Fsp3) is 0.417. The molecule has 0 fully saturated rings. The minimum atomic E-state index is -0.826. The Kier molecular flexibility index (Phi) is 6.53. The lowest BCUT2D eigenvalue weighted by Gasteiger charge is -2.16. The average Bonchev–Trinajstić information content (AvgIpc) is 2.38. The molecule has 1 rings (SSSR count). The number of ether oxygens (including phenoxy) is 1. The van der Waals surface area contributed by atoms with Crippen LogP contribution in [-0.4, -0.2) is 35.9 Å². The number of nitrogens with zero attached hydrogens (tertiary/aromatic N) is 1. The SMILES string of the molecule is COCC(CCBr)NC(=O)c1cc(F)cc([N+](=O)[O-])c1. The number of nitro groups is 1. The zero-order valence-corrected chi connectivity index (χ0v) is 12.4. The molecule has 0 spiro atoms. The number of carbonyl (C=O) groups is 1. The molecule has 0 heterocycles. The number of nitrogens with one attached hydrogen (secondary N) is 1. The third-order valence-corrected chi connectivity index (χ3v) is 2.97. The number of carbonyl (C=O) groups excluding carboxylic acids is 1. The summed E-state index contributed by atoms with van der Waals surface area (Å²) in [7, 11) is 1.50. The second kappa shape index (κ2) is 7.91. The highest BCUT2D eigenvalue weighted by atomic mass is 79.9. The van der Waals surface area contributed by atoms with E-state index in [-0.39, 0.29) is 11.6 Å². The largest absolute Gasteiger partial charge is 0.383 e. The van der Waals surface area contributed by atoms with Crippen molar-refractivity contribution in [2.45, 2.75) is 12.5 Å². The Bertz CT molecular complexity index is 492. The third kappa shape index (κ3) is 4.86. The van der Waals surface area contributed by atoms with E-state index in [2.05, 4.69) is 21.2 Å². The first kappa shape index (κ1) is 16.5. The standard InChI is InChI=1S/C12H14BrFN2O4/c1-20-7-10(2-3-13)15-12(17)8-4-9(14)6-11(5-8)16(18)19/h4-6,10H,2-3,7H2,1H3,(H,15,17). The molecule has 0 saturated carbocycles. The number of methoxy groups -OCH3 is 1. The molecule has 1 N–H and O–H groups in total. The normalized spacial score (nSPS) is 11.9. The number of hydrogen-bond donors (Lipinski definition) is 1. The van der Waals surface area contributed by atoms with Crippen molar-refractivity contribution < 1.29 is 18.8 Å². The van der Waals surface area contributed by atoms with Crippen LogP contribution in [0.5, 0.6) is 0 Å². The zero-order chi connectivity index (χ0) is 15.1. The van der Waals surface area contributed by atoms with Crippen molar-refractivity contribution >= 4 is 27.5 Å². The summed E-state index contributed by atoms with van der Waals surface area (Å²) in [5.74, 6) is -1.40. The molecular formula is C12H14BrFN2O4. The topological polar surface area (TPSA) is 81.5 Å². The quantitative estimate of drug-likeness (QED) is 0.465. The number of alkyl halides is 1. The van der Waals surface area contributed by atoms with Gasteiger partial charge in [-0.1, -0.05) is 15.9 Å². The molecule has 8 heteroatoms. The Labute approximate surface area is 123 Å². The number of benzene rings is 1. The third-order valence-electron chi connectivity index (χ3n) is 2.52. The minimum Gasteiger partial charge on any atom is -0.383 e. The number of halogens is 2. The summed E-state index contributed by atoms with van der Waals surface area (Å²) in [4.78, 5) is 21.9. The van der Waals surface area contributed by atoms with Crippen molar-refractivity contribution in [2.24, 2.45) is 0 Å². The lowest BCUT2D eigenvalue weighted by Crippen LogP contribution is -2.38. The molecule has 20 heavy (non-hydrogen) atoms. The molecule has 0 bridgehead atoms. The predicted molar refractivity (Wildman–Crippen MR) is 74.6 cm³/mol. The summed E-state index contributed by atoms with van der Waals surface area (Å²) in [6.07, 6.45) is 0.622. The summed E-state index contributed by atoms with van der Waals surface area (Å²) in [6, 6.07) is 2.51. The fourth-order valence-electron chi connectivity index (χ4n) is 1.61. The number of non-ortho nitro benzene ring substituents is 1. The maximum Gasteiger partial charge on any atom is 0.273 e. The second-order valence-corrected chi connectivity index (χ2v) is 4.85. The van der Waals surface area contributed by atoms with E-state index in [1.165, 1.54) is 7.11 Å². The minimum absolute atomic E-state index is 0.0904. The number of amides is 1. The summed E-state index contributed by atoms with van der Waals surface area (Å²) in [5.41, 5.74) is -0.550. The Balaban J connectivity index is 2.88. The van der Waals surface area contributed by atoms with Crippen LogP contribution in [0.25, 0.3) is 0 Å². The molecule has 6 nitrogen and oxygen atoms in total. The molecule has 1 atom stereocenters. The van der Waals surface area contributed by atoms with Crippen molar-refractivity contribution in [2.75, 3.05) is 19.0 Å². The van der Waals surface area contributed by atoms with Gasteiger partial charge >= 0.3 is 0 Å². The smallest absolute Gasteiger partial charge is 0.273 e. The summed E-state index contributed by atoms with van der Waals surface area (Å²) in [5, 5.41) is 13.9. The van der Waals surface area contributed by atoms with Gasteiger partial charge in [-0.15, -0.1) is 0 Å². The first-order valence-electron chi connectivity index (χ1n) is 5.78. The van der Waals surface area contributed by atoms with Gasteiger partial charge < -0.3 is 10.1 Å². The van der Waals surface area contributed by atoms with Crippen molar-refractivity contribution in [3.8, 4) is 0 Å². The number of rotatable bonds is 7. The molecule has 0 saturated heterocycles. The molecule has 0 aliphatic rings. The zero-order valence-electron chi connectivity index (χ0n) is 10.8. The number of hydrogen-bond acceptors (Lipinski definition) is 4. The van der Waals surface area contributed by atoms with Gasteiger partial charge in [0, 0.05) is 24.1 Å². The Hall–Kier alpha value is -1.54. The van der Waals surface area contributed by atoms with E-state index >= 15 is 0 Å². The molecule has 1 aromatic rings. The Morgan fingerprint density at radius 3 is 2.80 bits per heavy atom. The maximum absolute atomic E-state index is 13.3. The van der Waals surface area contributed by atoms with Gasteiger partial charge in [-0.05, 0) is 12.5 Å². The maximum atomic E-state index is 13.3. The van der Waals surface area contributed by atoms with Gasteiger partial charge in [0.25, 0.3) is 11.6 Å². The van der Waals surface area contributed by atoms with Crippen molar-refractivity contribution in [1.82, 2.24) is 5.32 Å². The Morgan fingerprint density at radius 2 is 2.25 bits per heavy atom. The van der Waals surface area contributed by atoms with Gasteiger partial charge in [0.15, 0.2) is 0 Å². The summed E-state index contributed by atoms with van der Waals surface area (Å²) < 4.78 is 18.2. The summed E-state index contributed by atoms with van der Waals surface area (Å²) in [6.45, 7) is 0.300. The Morgan fingerprint density at radius 1 is 1.55 bits per heavy atom. The van der Waals surface area contributed by atoms with Gasteiger partial charge in [0.05, 0.1) is 23.6 Å². The van der Waals surface area contributed by atoms with Gasteiger partial charge in [-0.25, -0.2) is 4.39 Å². The molecule has 0 radical (unpaired) electrons. The lowest BCUT2D eigenvalue weighted by molar-refractivity contribution is -0.385. The molecule has 0 aliphatic heterocycles. The van der Waals surface area contributed by atoms with E-state index in [4.69, 9.17) is 4.74 Å². The van der Waals surface area contributed by atoms with Gasteiger partial charge in [0.2, 0.25) is 0 Å². The van der Waals surface area contributed by atoms with E-state index in [1.54, 1.807) is 0 Å². The molecule has 1 amide bonds. The highest BCUT2D eigenvalue weighted by Gasteiger charge is 2.17. The van der Waals surface area contributed by atoms with Crippen LogP contribution in [0.15, 0.2) is 18.2 Å². The fourth-order valence-corrected chi connectivity index (χ4v) is 2.16. The average molecular weight is 349 g/mol. The lowest BCUT2D eigenvalue weighted by atomic mass is 10.1. The van der Waals surface area contributed by atoms with E-state index in [0.717, 1.165) is 18.2 Å². The first-order chi connectivity index (χ1) is 9.47. The molecule has 110 valence electrons. The van der Waals surface area contributed by atoms with Gasteiger partial charge in [-0.3, -0.25) is 14.9 Å². The molecule has 1 aromatic carbocycles. The molecule has 0 aromatic heterocycles. The summed E-state index contributed by atoms with van der Waals surface area (Å²) >= 11 is 3.25. The van der Waals surface area contributed by atoms with E-state index in [9.17, 15) is 19.3 Å². The van der Waals surface area contributed by atoms with E-state index in [1.807, 2.05) is 0 Å². The monoisotopic (exact) mass is 348 g/mol. The number of nitro benzene ring substituents is 1.